The van der Waals surface area contributed by atoms with E-state index in [1.807, 2.05) is 20.8 Å². The third kappa shape index (κ3) is 10.1. The smallest absolute Gasteiger partial charge is 0.0600 e. The van der Waals surface area contributed by atoms with Crippen molar-refractivity contribution in [2.75, 3.05) is 46.6 Å². The lowest BCUT2D eigenvalue weighted by molar-refractivity contribution is -0.0162. The summed E-state index contributed by atoms with van der Waals surface area (Å²) < 4.78 is 10.6. The summed E-state index contributed by atoms with van der Waals surface area (Å²) in [5.41, 5.74) is -0.0911. The molecule has 0 radical (unpaired) electrons. The van der Waals surface area contributed by atoms with Gasteiger partial charge in [-0.3, -0.25) is 4.90 Å². The second-order valence-corrected chi connectivity index (χ2v) is 4.52. The maximum absolute atomic E-state index is 8.87. The van der Waals surface area contributed by atoms with E-state index in [4.69, 9.17) is 14.6 Å². The van der Waals surface area contributed by atoms with E-state index in [1.165, 1.54) is 0 Å². The van der Waals surface area contributed by atoms with Gasteiger partial charge in [-0.05, 0) is 20.8 Å². The fraction of sp³-hybridized carbons (Fsp3) is 1.00. The van der Waals surface area contributed by atoms with Crippen LogP contribution in [0.15, 0.2) is 0 Å². The zero-order valence-electron chi connectivity index (χ0n) is 10.5. The predicted molar refractivity (Wildman–Crippen MR) is 61.1 cm³/mol. The Kier molecular flexibility index (Phi) is 7.96. The molecule has 0 aromatic rings. The molecule has 0 bridgehead atoms. The van der Waals surface area contributed by atoms with Gasteiger partial charge in [0.25, 0.3) is 0 Å². The summed E-state index contributed by atoms with van der Waals surface area (Å²) in [4.78, 5) is 2.13. The van der Waals surface area contributed by atoms with Crippen LogP contribution < -0.4 is 0 Å². The average molecular weight is 219 g/mol. The molecule has 0 heterocycles. The van der Waals surface area contributed by atoms with Crippen LogP contribution >= 0.6 is 0 Å². The summed E-state index contributed by atoms with van der Waals surface area (Å²) in [7, 11) is 1.68. The van der Waals surface area contributed by atoms with Crippen LogP contribution in [0.1, 0.15) is 20.8 Å². The zero-order valence-corrected chi connectivity index (χ0v) is 10.5. The van der Waals surface area contributed by atoms with E-state index in [0.717, 1.165) is 13.1 Å². The van der Waals surface area contributed by atoms with Crippen LogP contribution in [-0.4, -0.2) is 62.2 Å². The molecule has 0 aromatic carbocycles. The van der Waals surface area contributed by atoms with Gasteiger partial charge >= 0.3 is 0 Å². The van der Waals surface area contributed by atoms with Crippen molar-refractivity contribution in [2.45, 2.75) is 26.4 Å². The molecule has 0 saturated heterocycles. The molecule has 4 heteroatoms. The Bertz CT molecular complexity index is 145. The van der Waals surface area contributed by atoms with E-state index in [-0.39, 0.29) is 12.2 Å². The van der Waals surface area contributed by atoms with E-state index in [2.05, 4.69) is 4.90 Å². The maximum Gasteiger partial charge on any atom is 0.0600 e. The second kappa shape index (κ2) is 8.05. The Morgan fingerprint density at radius 3 is 2.13 bits per heavy atom. The van der Waals surface area contributed by atoms with Gasteiger partial charge in [0.2, 0.25) is 0 Å². The van der Waals surface area contributed by atoms with Crippen LogP contribution in [0.25, 0.3) is 0 Å². The second-order valence-electron chi connectivity index (χ2n) is 4.52. The first-order chi connectivity index (χ1) is 6.99. The fourth-order valence-corrected chi connectivity index (χ4v) is 1.18. The highest BCUT2D eigenvalue weighted by atomic mass is 16.5. The van der Waals surface area contributed by atoms with Crippen LogP contribution in [0.2, 0.25) is 0 Å². The molecule has 92 valence electrons. The zero-order chi connectivity index (χ0) is 11.7. The lowest BCUT2D eigenvalue weighted by Crippen LogP contribution is -2.35. The highest BCUT2D eigenvalue weighted by molar-refractivity contribution is 4.61. The summed E-state index contributed by atoms with van der Waals surface area (Å²) >= 11 is 0. The normalized spacial score (nSPS) is 12.4. The number of hydrogen-bond donors (Lipinski definition) is 1. The van der Waals surface area contributed by atoms with Crippen molar-refractivity contribution in [1.29, 1.82) is 0 Å². The minimum atomic E-state index is -0.0911. The van der Waals surface area contributed by atoms with E-state index in [1.54, 1.807) is 7.11 Å². The van der Waals surface area contributed by atoms with Gasteiger partial charge in [0.1, 0.15) is 0 Å². The Balaban J connectivity index is 3.65. The van der Waals surface area contributed by atoms with Crippen LogP contribution in [0, 0.1) is 0 Å². The monoisotopic (exact) mass is 219 g/mol. The molecular formula is C11H25NO3. The number of ether oxygens (including phenoxy) is 2. The maximum atomic E-state index is 8.87. The van der Waals surface area contributed by atoms with Gasteiger partial charge < -0.3 is 14.6 Å². The number of rotatable bonds is 8. The number of aliphatic hydroxyl groups excluding tert-OH is 1. The van der Waals surface area contributed by atoms with Gasteiger partial charge in [-0.15, -0.1) is 0 Å². The quantitative estimate of drug-likeness (QED) is 0.654. The van der Waals surface area contributed by atoms with E-state index < -0.39 is 0 Å². The van der Waals surface area contributed by atoms with Crippen LogP contribution in [0.3, 0.4) is 0 Å². The Morgan fingerprint density at radius 1 is 1.07 bits per heavy atom. The average Bonchev–Trinajstić information content (AvgIpc) is 2.12. The van der Waals surface area contributed by atoms with Crippen molar-refractivity contribution >= 4 is 0 Å². The van der Waals surface area contributed by atoms with Crippen molar-refractivity contribution < 1.29 is 14.6 Å². The summed E-state index contributed by atoms with van der Waals surface area (Å²) in [6, 6.07) is 0. The molecule has 0 atom stereocenters. The molecular weight excluding hydrogens is 194 g/mol. The lowest BCUT2D eigenvalue weighted by Gasteiger charge is -2.24. The standard InChI is InChI=1S/C11H25NO3/c1-11(2,3)15-10-7-12(5-8-13)6-9-14-4/h13H,5-10H2,1-4H3. The summed E-state index contributed by atoms with van der Waals surface area (Å²) in [5.74, 6) is 0. The molecule has 0 fully saturated rings. The van der Waals surface area contributed by atoms with Gasteiger partial charge in [-0.1, -0.05) is 0 Å². The Labute approximate surface area is 93.2 Å². The van der Waals surface area contributed by atoms with Crippen molar-refractivity contribution in [3.63, 3.8) is 0 Å². The number of methoxy groups -OCH3 is 1. The third-order valence-electron chi connectivity index (χ3n) is 1.97. The number of nitrogens with zero attached hydrogens (tertiary/aromatic N) is 1. The van der Waals surface area contributed by atoms with Crippen LogP contribution in [0.4, 0.5) is 0 Å². The Morgan fingerprint density at radius 2 is 1.67 bits per heavy atom. The summed E-state index contributed by atoms with van der Waals surface area (Å²) in [5, 5.41) is 8.87. The minimum Gasteiger partial charge on any atom is -0.395 e. The van der Waals surface area contributed by atoms with Crippen molar-refractivity contribution in [3.8, 4) is 0 Å². The number of aliphatic hydroxyl groups is 1. The van der Waals surface area contributed by atoms with Crippen LogP contribution in [0.5, 0.6) is 0 Å². The highest BCUT2D eigenvalue weighted by Crippen LogP contribution is 2.06. The first-order valence-corrected chi connectivity index (χ1v) is 5.45. The van der Waals surface area contributed by atoms with Crippen LogP contribution in [-0.2, 0) is 9.47 Å². The highest BCUT2D eigenvalue weighted by Gasteiger charge is 2.11. The van der Waals surface area contributed by atoms with Gasteiger partial charge in [-0.2, -0.15) is 0 Å². The molecule has 0 saturated carbocycles. The van der Waals surface area contributed by atoms with E-state index in [9.17, 15) is 0 Å². The van der Waals surface area contributed by atoms with Gasteiger partial charge in [-0.25, -0.2) is 0 Å². The van der Waals surface area contributed by atoms with E-state index in [0.29, 0.717) is 19.8 Å². The molecule has 0 aliphatic carbocycles. The largest absolute Gasteiger partial charge is 0.395 e. The summed E-state index contributed by atoms with van der Waals surface area (Å²) in [6.07, 6.45) is 0. The van der Waals surface area contributed by atoms with Gasteiger partial charge in [0.15, 0.2) is 0 Å². The Hall–Kier alpha value is -0.160. The van der Waals surface area contributed by atoms with Gasteiger partial charge in [0, 0.05) is 26.7 Å². The molecule has 0 unspecified atom stereocenters. The van der Waals surface area contributed by atoms with Crippen molar-refractivity contribution in [2.24, 2.45) is 0 Å². The molecule has 0 aromatic heterocycles. The lowest BCUT2D eigenvalue weighted by atomic mass is 10.2. The molecule has 4 nitrogen and oxygen atoms in total. The topological polar surface area (TPSA) is 41.9 Å². The molecule has 0 spiro atoms. The molecule has 0 aliphatic heterocycles. The predicted octanol–water partition coefficient (Wildman–Crippen LogP) is 0.742. The fourth-order valence-electron chi connectivity index (χ4n) is 1.18. The molecule has 1 N–H and O–H groups in total. The molecule has 15 heavy (non-hydrogen) atoms. The molecule has 0 rings (SSSR count). The molecule has 0 aliphatic rings. The first-order valence-electron chi connectivity index (χ1n) is 5.45. The van der Waals surface area contributed by atoms with Crippen molar-refractivity contribution in [1.82, 2.24) is 4.90 Å². The first kappa shape index (κ1) is 14.8. The van der Waals surface area contributed by atoms with Crippen molar-refractivity contribution in [3.05, 3.63) is 0 Å². The number of hydrogen-bond acceptors (Lipinski definition) is 4. The van der Waals surface area contributed by atoms with E-state index >= 15 is 0 Å². The van der Waals surface area contributed by atoms with Gasteiger partial charge in [0.05, 0.1) is 25.4 Å². The summed E-state index contributed by atoms with van der Waals surface area (Å²) in [6.45, 7) is 10.0. The SMILES string of the molecule is COCCN(CCO)CCOC(C)(C)C. The third-order valence-corrected chi connectivity index (χ3v) is 1.97. The molecule has 0 amide bonds. The minimum absolute atomic E-state index is 0.0911.